The quantitative estimate of drug-likeness (QED) is 0.500. The van der Waals surface area contributed by atoms with Crippen LogP contribution in [0.2, 0.25) is 10.0 Å². The molecular weight excluding hydrogens is 453 g/mol. The molecule has 3 aromatic rings. The molecule has 9 heteroatoms. The highest BCUT2D eigenvalue weighted by atomic mass is 35.5. The average Bonchev–Trinajstić information content (AvgIpc) is 3.14. The monoisotopic (exact) mass is 475 g/mol. The van der Waals surface area contributed by atoms with Crippen molar-refractivity contribution in [2.24, 2.45) is 0 Å². The van der Waals surface area contributed by atoms with Crippen molar-refractivity contribution in [3.63, 3.8) is 0 Å². The second-order valence-corrected chi connectivity index (χ2v) is 9.33. The van der Waals surface area contributed by atoms with Gasteiger partial charge in [0.1, 0.15) is 17.0 Å². The summed E-state index contributed by atoms with van der Waals surface area (Å²) < 4.78 is 0. The first-order valence-electron chi connectivity index (χ1n) is 10.1. The highest BCUT2D eigenvalue weighted by Gasteiger charge is 2.25. The van der Waals surface area contributed by atoms with Gasteiger partial charge in [0, 0.05) is 29.7 Å². The van der Waals surface area contributed by atoms with E-state index in [2.05, 4.69) is 27.1 Å². The second-order valence-electron chi connectivity index (χ2n) is 7.43. The second kappa shape index (κ2) is 9.53. The van der Waals surface area contributed by atoms with Crippen LogP contribution in [0, 0.1) is 0 Å². The Labute approximate surface area is 195 Å². The van der Waals surface area contributed by atoms with E-state index in [4.69, 9.17) is 23.2 Å². The van der Waals surface area contributed by atoms with Gasteiger partial charge in [-0.2, -0.15) is 0 Å². The van der Waals surface area contributed by atoms with Crippen LogP contribution < -0.4 is 5.32 Å². The summed E-state index contributed by atoms with van der Waals surface area (Å²) in [4.78, 5) is 27.7. The summed E-state index contributed by atoms with van der Waals surface area (Å²) in [6, 6.07) is 5.39. The molecule has 162 valence electrons. The third kappa shape index (κ3) is 4.85. The number of carbonyl (C=O) groups excluding carboxylic acids is 1. The predicted octanol–water partition coefficient (Wildman–Crippen LogP) is 5.13. The molecule has 1 amide bonds. The predicted molar refractivity (Wildman–Crippen MR) is 129 cm³/mol. The van der Waals surface area contributed by atoms with Gasteiger partial charge in [-0.15, -0.1) is 11.3 Å². The number of rotatable bonds is 6. The number of amides is 1. The Morgan fingerprint density at radius 2 is 2.16 bits per heavy atom. The van der Waals surface area contributed by atoms with Gasteiger partial charge in [0.25, 0.3) is 0 Å². The highest BCUT2D eigenvalue weighted by Crippen LogP contribution is 2.38. The van der Waals surface area contributed by atoms with Crippen LogP contribution in [0.25, 0.3) is 10.2 Å². The van der Waals surface area contributed by atoms with Gasteiger partial charge < -0.3 is 15.1 Å². The van der Waals surface area contributed by atoms with E-state index in [1.807, 2.05) is 24.1 Å². The molecule has 0 bridgehead atoms. The number of thiophene rings is 1. The number of halogens is 2. The molecule has 0 unspecified atom stereocenters. The minimum absolute atomic E-state index is 0.0489. The number of carbonyl (C=O) groups is 1. The number of hydrogen-bond acceptors (Lipinski definition) is 6. The van der Waals surface area contributed by atoms with Crippen molar-refractivity contribution >= 4 is 62.2 Å². The normalized spacial score (nSPS) is 13.9. The summed E-state index contributed by atoms with van der Waals surface area (Å²) in [6.07, 6.45) is 5.94. The fourth-order valence-corrected chi connectivity index (χ4v) is 4.99. The lowest BCUT2D eigenvalue weighted by Gasteiger charge is -2.26. The molecular formula is C22H23Cl2N5OS. The third-order valence-corrected chi connectivity index (χ3v) is 7.21. The van der Waals surface area contributed by atoms with Crippen LogP contribution in [0.15, 0.2) is 36.7 Å². The number of anilines is 2. The molecule has 1 aliphatic heterocycles. The molecule has 1 aliphatic rings. The van der Waals surface area contributed by atoms with Crippen molar-refractivity contribution in [1.29, 1.82) is 0 Å². The van der Waals surface area contributed by atoms with Crippen molar-refractivity contribution in [1.82, 2.24) is 19.8 Å². The zero-order chi connectivity index (χ0) is 22.0. The van der Waals surface area contributed by atoms with E-state index < -0.39 is 0 Å². The van der Waals surface area contributed by atoms with Gasteiger partial charge >= 0.3 is 0 Å². The van der Waals surface area contributed by atoms with Crippen molar-refractivity contribution in [3.8, 4) is 0 Å². The Balaban J connectivity index is 1.56. The summed E-state index contributed by atoms with van der Waals surface area (Å²) in [5, 5.41) is 5.35. The Morgan fingerprint density at radius 1 is 1.32 bits per heavy atom. The summed E-state index contributed by atoms with van der Waals surface area (Å²) in [7, 11) is 2.03. The first-order chi connectivity index (χ1) is 15.0. The van der Waals surface area contributed by atoms with E-state index in [0.717, 1.165) is 46.1 Å². The summed E-state index contributed by atoms with van der Waals surface area (Å²) in [5.41, 5.74) is 2.02. The maximum Gasteiger partial charge on any atom is 0.246 e. The van der Waals surface area contributed by atoms with Crippen LogP contribution in [-0.2, 0) is 17.8 Å². The number of aromatic nitrogens is 2. The molecule has 4 rings (SSSR count). The zero-order valence-electron chi connectivity index (χ0n) is 17.4. The average molecular weight is 476 g/mol. The number of benzene rings is 1. The molecule has 0 spiro atoms. The molecule has 0 fully saturated rings. The SMILES string of the molecule is CCN(C)CC=CC(=O)N1CCc2c(sc3ncnc(Nc4ccc(Cl)c(Cl)c4)c23)C1. The first kappa shape index (κ1) is 22.0. The summed E-state index contributed by atoms with van der Waals surface area (Å²) in [6.45, 7) is 5.08. The van der Waals surface area contributed by atoms with Gasteiger partial charge in [-0.3, -0.25) is 4.79 Å². The van der Waals surface area contributed by atoms with Crippen molar-refractivity contribution in [2.45, 2.75) is 19.9 Å². The van der Waals surface area contributed by atoms with Gasteiger partial charge in [-0.05, 0) is 43.8 Å². The van der Waals surface area contributed by atoms with Crippen LogP contribution in [0.1, 0.15) is 17.4 Å². The lowest BCUT2D eigenvalue weighted by Crippen LogP contribution is -2.34. The molecule has 2 aromatic heterocycles. The van der Waals surface area contributed by atoms with Gasteiger partial charge in [-0.1, -0.05) is 36.2 Å². The van der Waals surface area contributed by atoms with Gasteiger partial charge in [0.2, 0.25) is 5.91 Å². The van der Waals surface area contributed by atoms with E-state index in [1.54, 1.807) is 35.9 Å². The molecule has 3 heterocycles. The molecule has 0 saturated heterocycles. The fourth-order valence-electron chi connectivity index (χ4n) is 3.49. The number of fused-ring (bicyclic) bond motifs is 3. The number of hydrogen-bond donors (Lipinski definition) is 1. The molecule has 6 nitrogen and oxygen atoms in total. The number of likely N-dealkylation sites (N-methyl/N-ethyl adjacent to an activating group) is 1. The lowest BCUT2D eigenvalue weighted by atomic mass is 10.0. The highest BCUT2D eigenvalue weighted by molar-refractivity contribution is 7.19. The van der Waals surface area contributed by atoms with E-state index in [0.29, 0.717) is 23.1 Å². The standard InChI is InChI=1S/C22H23Cl2N5OS/c1-3-28(2)9-4-5-19(30)29-10-8-15-18(12-29)31-22-20(15)21(25-13-26-22)27-14-6-7-16(23)17(24)11-14/h4-7,11,13H,3,8-10,12H2,1-2H3,(H,25,26,27). The van der Waals surface area contributed by atoms with E-state index in [9.17, 15) is 4.79 Å². The van der Waals surface area contributed by atoms with Crippen molar-refractivity contribution in [3.05, 3.63) is 57.2 Å². The van der Waals surface area contributed by atoms with Gasteiger partial charge in [0.05, 0.1) is 22.0 Å². The van der Waals surface area contributed by atoms with E-state index in [1.165, 1.54) is 5.56 Å². The van der Waals surface area contributed by atoms with E-state index >= 15 is 0 Å². The first-order valence-corrected chi connectivity index (χ1v) is 11.6. The van der Waals surface area contributed by atoms with Crippen LogP contribution in [0.4, 0.5) is 11.5 Å². The van der Waals surface area contributed by atoms with Crippen LogP contribution in [-0.4, -0.2) is 52.4 Å². The maximum absolute atomic E-state index is 12.6. The third-order valence-electron chi connectivity index (χ3n) is 5.35. The smallest absolute Gasteiger partial charge is 0.246 e. The van der Waals surface area contributed by atoms with Gasteiger partial charge in [-0.25, -0.2) is 9.97 Å². The molecule has 0 radical (unpaired) electrons. The molecule has 0 aliphatic carbocycles. The van der Waals surface area contributed by atoms with Crippen molar-refractivity contribution < 1.29 is 4.79 Å². The summed E-state index contributed by atoms with van der Waals surface area (Å²) in [5.74, 6) is 0.788. The Morgan fingerprint density at radius 3 is 2.94 bits per heavy atom. The van der Waals surface area contributed by atoms with E-state index in [-0.39, 0.29) is 5.91 Å². The molecule has 1 aromatic carbocycles. The fraction of sp³-hybridized carbons (Fsp3) is 0.318. The Hall–Kier alpha value is -2.19. The molecule has 0 atom stereocenters. The van der Waals surface area contributed by atoms with Crippen LogP contribution in [0.3, 0.4) is 0 Å². The Bertz CT molecular complexity index is 1150. The zero-order valence-corrected chi connectivity index (χ0v) is 19.7. The largest absolute Gasteiger partial charge is 0.340 e. The number of nitrogens with one attached hydrogen (secondary N) is 1. The minimum Gasteiger partial charge on any atom is -0.340 e. The minimum atomic E-state index is 0.0489. The molecule has 1 N–H and O–H groups in total. The molecule has 0 saturated carbocycles. The number of nitrogens with zero attached hydrogens (tertiary/aromatic N) is 4. The Kier molecular flexibility index (Phi) is 6.77. The van der Waals surface area contributed by atoms with Crippen LogP contribution in [0.5, 0.6) is 0 Å². The van der Waals surface area contributed by atoms with Crippen LogP contribution >= 0.6 is 34.5 Å². The molecule has 31 heavy (non-hydrogen) atoms. The van der Waals surface area contributed by atoms with Gasteiger partial charge in [0.15, 0.2) is 0 Å². The maximum atomic E-state index is 12.6. The van der Waals surface area contributed by atoms with Crippen molar-refractivity contribution in [2.75, 3.05) is 32.0 Å². The topological polar surface area (TPSA) is 61.4 Å². The lowest BCUT2D eigenvalue weighted by molar-refractivity contribution is -0.126. The summed E-state index contributed by atoms with van der Waals surface area (Å²) >= 11 is 13.8.